The molecule has 0 saturated heterocycles. The SMILES string of the molecule is COc1ccc(N(C)C(=S)Nc2ccc3nc(C)sc3c2)cc1. The zero-order valence-electron chi connectivity index (χ0n) is 13.2. The van der Waals surface area contributed by atoms with Crippen molar-refractivity contribution in [2.75, 3.05) is 24.4 Å². The van der Waals surface area contributed by atoms with Gasteiger partial charge in [-0.25, -0.2) is 4.98 Å². The molecular weight excluding hydrogens is 326 g/mol. The van der Waals surface area contributed by atoms with Gasteiger partial charge in [0.25, 0.3) is 0 Å². The molecule has 0 unspecified atom stereocenters. The van der Waals surface area contributed by atoms with E-state index >= 15 is 0 Å². The molecule has 0 radical (unpaired) electrons. The summed E-state index contributed by atoms with van der Waals surface area (Å²) < 4.78 is 6.33. The Kier molecular flexibility index (Phi) is 4.45. The van der Waals surface area contributed by atoms with Crippen LogP contribution in [0, 0.1) is 6.92 Å². The number of ether oxygens (including phenoxy) is 1. The molecule has 0 saturated carbocycles. The van der Waals surface area contributed by atoms with Crippen LogP contribution < -0.4 is 15.0 Å². The second kappa shape index (κ2) is 6.52. The number of aryl methyl sites for hydroxylation is 1. The minimum atomic E-state index is 0.635. The smallest absolute Gasteiger partial charge is 0.177 e. The highest BCUT2D eigenvalue weighted by Crippen LogP contribution is 2.25. The van der Waals surface area contributed by atoms with Crippen LogP contribution in [0.2, 0.25) is 0 Å². The van der Waals surface area contributed by atoms with Gasteiger partial charge < -0.3 is 15.0 Å². The van der Waals surface area contributed by atoms with Crippen LogP contribution in [-0.2, 0) is 0 Å². The summed E-state index contributed by atoms with van der Waals surface area (Å²) >= 11 is 7.18. The first kappa shape index (κ1) is 15.7. The molecule has 1 N–H and O–H groups in total. The number of aromatic nitrogens is 1. The number of nitrogens with zero attached hydrogens (tertiary/aromatic N) is 2. The quantitative estimate of drug-likeness (QED) is 0.711. The Hall–Kier alpha value is -2.18. The first-order chi connectivity index (χ1) is 11.1. The van der Waals surface area contributed by atoms with Crippen LogP contribution in [0.4, 0.5) is 11.4 Å². The number of thiocarbonyl (C=S) groups is 1. The van der Waals surface area contributed by atoms with Crippen molar-refractivity contribution in [3.8, 4) is 5.75 Å². The van der Waals surface area contributed by atoms with E-state index in [1.165, 1.54) is 0 Å². The van der Waals surface area contributed by atoms with Crippen molar-refractivity contribution in [3.63, 3.8) is 0 Å². The second-order valence-electron chi connectivity index (χ2n) is 5.10. The third-order valence-electron chi connectivity index (χ3n) is 3.51. The zero-order valence-corrected chi connectivity index (χ0v) is 14.8. The summed E-state index contributed by atoms with van der Waals surface area (Å²) in [6, 6.07) is 13.9. The highest BCUT2D eigenvalue weighted by molar-refractivity contribution is 7.80. The summed E-state index contributed by atoms with van der Waals surface area (Å²) in [4.78, 5) is 6.40. The molecule has 4 nitrogen and oxygen atoms in total. The Bertz CT molecular complexity index is 843. The summed E-state index contributed by atoms with van der Waals surface area (Å²) in [6.07, 6.45) is 0. The van der Waals surface area contributed by atoms with Crippen molar-refractivity contribution in [1.29, 1.82) is 0 Å². The number of hydrogen-bond donors (Lipinski definition) is 1. The van der Waals surface area contributed by atoms with Gasteiger partial charge in [-0.3, -0.25) is 0 Å². The van der Waals surface area contributed by atoms with Gasteiger partial charge in [-0.2, -0.15) is 0 Å². The molecule has 3 aromatic rings. The molecule has 1 heterocycles. The lowest BCUT2D eigenvalue weighted by Crippen LogP contribution is -2.30. The van der Waals surface area contributed by atoms with Crippen LogP contribution in [0.5, 0.6) is 5.75 Å². The summed E-state index contributed by atoms with van der Waals surface area (Å²) in [5.41, 5.74) is 2.98. The first-order valence-corrected chi connectivity index (χ1v) is 8.35. The Morgan fingerprint density at radius 2 is 1.96 bits per heavy atom. The van der Waals surface area contributed by atoms with Crippen molar-refractivity contribution in [1.82, 2.24) is 4.98 Å². The van der Waals surface area contributed by atoms with E-state index in [4.69, 9.17) is 17.0 Å². The zero-order chi connectivity index (χ0) is 16.4. The Balaban J connectivity index is 1.75. The fourth-order valence-corrected chi connectivity index (χ4v) is 3.34. The maximum Gasteiger partial charge on any atom is 0.177 e. The van der Waals surface area contributed by atoms with E-state index in [2.05, 4.69) is 16.4 Å². The minimum absolute atomic E-state index is 0.635. The van der Waals surface area contributed by atoms with Gasteiger partial charge in [0.05, 0.1) is 22.3 Å². The molecule has 2 aromatic carbocycles. The van der Waals surface area contributed by atoms with Gasteiger partial charge in [0.1, 0.15) is 5.75 Å². The standard InChI is InChI=1S/C17H17N3OS2/c1-11-18-15-9-4-12(10-16(15)23-11)19-17(22)20(2)13-5-7-14(21-3)8-6-13/h4-10H,1-3H3,(H,19,22). The third kappa shape index (κ3) is 3.43. The van der Waals surface area contributed by atoms with Crippen molar-refractivity contribution >= 4 is 50.3 Å². The molecule has 118 valence electrons. The topological polar surface area (TPSA) is 37.4 Å². The molecule has 0 aliphatic rings. The van der Waals surface area contributed by atoms with Crippen molar-refractivity contribution in [2.45, 2.75) is 6.92 Å². The van der Waals surface area contributed by atoms with Gasteiger partial charge in [0.15, 0.2) is 5.11 Å². The van der Waals surface area contributed by atoms with Gasteiger partial charge >= 0.3 is 0 Å². The molecule has 0 fully saturated rings. The second-order valence-corrected chi connectivity index (χ2v) is 6.72. The van der Waals surface area contributed by atoms with Gasteiger partial charge in [-0.1, -0.05) is 0 Å². The van der Waals surface area contributed by atoms with E-state index < -0.39 is 0 Å². The van der Waals surface area contributed by atoms with E-state index in [-0.39, 0.29) is 0 Å². The lowest BCUT2D eigenvalue weighted by Gasteiger charge is -2.21. The molecule has 0 spiro atoms. The van der Waals surface area contributed by atoms with Gasteiger partial charge in [0.2, 0.25) is 0 Å². The monoisotopic (exact) mass is 343 g/mol. The van der Waals surface area contributed by atoms with Crippen molar-refractivity contribution in [3.05, 3.63) is 47.5 Å². The number of rotatable bonds is 3. The van der Waals surface area contributed by atoms with Gasteiger partial charge in [-0.15, -0.1) is 11.3 Å². The number of nitrogens with one attached hydrogen (secondary N) is 1. The first-order valence-electron chi connectivity index (χ1n) is 7.13. The lowest BCUT2D eigenvalue weighted by atomic mass is 10.3. The predicted molar refractivity (Wildman–Crippen MR) is 102 cm³/mol. The number of anilines is 2. The Morgan fingerprint density at radius 1 is 1.22 bits per heavy atom. The summed E-state index contributed by atoms with van der Waals surface area (Å²) in [6.45, 7) is 2.01. The molecule has 1 aromatic heterocycles. The fourth-order valence-electron chi connectivity index (χ4n) is 2.25. The Morgan fingerprint density at radius 3 is 2.65 bits per heavy atom. The summed E-state index contributed by atoms with van der Waals surface area (Å²) in [5.74, 6) is 0.826. The van der Waals surface area contributed by atoms with E-state index in [1.54, 1.807) is 18.4 Å². The summed E-state index contributed by atoms with van der Waals surface area (Å²) in [7, 11) is 3.59. The van der Waals surface area contributed by atoms with E-state index in [9.17, 15) is 0 Å². The highest BCUT2D eigenvalue weighted by Gasteiger charge is 2.09. The molecule has 0 aliphatic heterocycles. The fraction of sp³-hybridized carbons (Fsp3) is 0.176. The normalized spacial score (nSPS) is 10.6. The Labute approximate surface area is 144 Å². The summed E-state index contributed by atoms with van der Waals surface area (Å²) in [5, 5.41) is 4.98. The average molecular weight is 343 g/mol. The molecule has 0 bridgehead atoms. The van der Waals surface area contributed by atoms with Crippen LogP contribution in [0.25, 0.3) is 10.2 Å². The molecule has 0 atom stereocenters. The largest absolute Gasteiger partial charge is 0.497 e. The third-order valence-corrected chi connectivity index (χ3v) is 4.82. The lowest BCUT2D eigenvalue weighted by molar-refractivity contribution is 0.415. The van der Waals surface area contributed by atoms with Crippen LogP contribution in [0.15, 0.2) is 42.5 Å². The van der Waals surface area contributed by atoms with Crippen molar-refractivity contribution < 1.29 is 4.74 Å². The minimum Gasteiger partial charge on any atom is -0.497 e. The highest BCUT2D eigenvalue weighted by atomic mass is 32.1. The van der Waals surface area contributed by atoms with E-state index in [1.807, 2.05) is 55.3 Å². The van der Waals surface area contributed by atoms with Gasteiger partial charge in [0, 0.05) is 18.4 Å². The number of thiazole rings is 1. The molecule has 0 amide bonds. The van der Waals surface area contributed by atoms with Crippen LogP contribution in [-0.4, -0.2) is 24.3 Å². The van der Waals surface area contributed by atoms with Crippen LogP contribution in [0.3, 0.4) is 0 Å². The molecule has 0 aliphatic carbocycles. The number of fused-ring (bicyclic) bond motifs is 1. The van der Waals surface area contributed by atoms with E-state index in [0.717, 1.165) is 32.3 Å². The van der Waals surface area contributed by atoms with E-state index in [0.29, 0.717) is 5.11 Å². The maximum absolute atomic E-state index is 5.50. The number of benzene rings is 2. The molecular formula is C17H17N3OS2. The average Bonchev–Trinajstić information content (AvgIpc) is 2.93. The van der Waals surface area contributed by atoms with Crippen LogP contribution in [0.1, 0.15) is 5.01 Å². The van der Waals surface area contributed by atoms with Crippen LogP contribution >= 0.6 is 23.6 Å². The molecule has 23 heavy (non-hydrogen) atoms. The van der Waals surface area contributed by atoms with Gasteiger partial charge in [-0.05, 0) is 61.6 Å². The van der Waals surface area contributed by atoms with Crippen molar-refractivity contribution in [2.24, 2.45) is 0 Å². The molecule has 3 rings (SSSR count). The maximum atomic E-state index is 5.50. The number of methoxy groups -OCH3 is 1. The predicted octanol–water partition coefficient (Wildman–Crippen LogP) is 4.45. The number of hydrogen-bond acceptors (Lipinski definition) is 4. The molecule has 6 heteroatoms.